The fourth-order valence-corrected chi connectivity index (χ4v) is 1.97. The van der Waals surface area contributed by atoms with E-state index in [0.29, 0.717) is 36.4 Å². The predicted molar refractivity (Wildman–Crippen MR) is 75.5 cm³/mol. The molecule has 2 aromatic rings. The van der Waals surface area contributed by atoms with Crippen LogP contribution in [0.2, 0.25) is 0 Å². The van der Waals surface area contributed by atoms with Gasteiger partial charge < -0.3 is 14.6 Å². The number of nitrogens with one attached hydrogen (secondary N) is 1. The number of benzene rings is 1. The van der Waals surface area contributed by atoms with Crippen LogP contribution in [0.3, 0.4) is 0 Å². The van der Waals surface area contributed by atoms with Crippen LogP contribution < -0.4 is 5.32 Å². The molecule has 0 unspecified atom stereocenters. The molecule has 0 atom stereocenters. The second kappa shape index (κ2) is 6.99. The molecular weight excluding hydrogens is 275 g/mol. The quantitative estimate of drug-likeness (QED) is 0.831. The molecule has 1 N–H and O–H groups in total. The molecule has 1 aromatic carbocycles. The Labute approximate surface area is 122 Å². The lowest BCUT2D eigenvalue weighted by molar-refractivity contribution is 0.0948. The number of hydrogen-bond donors (Lipinski definition) is 1. The molecule has 112 valence electrons. The number of carbonyl (C=O) groups is 1. The largest absolute Gasteiger partial charge is 0.385 e. The van der Waals surface area contributed by atoms with Gasteiger partial charge in [0, 0.05) is 25.8 Å². The Kier molecular flexibility index (Phi) is 5.05. The first kappa shape index (κ1) is 15.2. The van der Waals surface area contributed by atoms with Gasteiger partial charge in [0.1, 0.15) is 11.4 Å². The van der Waals surface area contributed by atoms with Gasteiger partial charge in [-0.05, 0) is 25.5 Å². The average molecular weight is 292 g/mol. The van der Waals surface area contributed by atoms with Crippen molar-refractivity contribution < 1.29 is 18.4 Å². The first-order chi connectivity index (χ1) is 10.1. The van der Waals surface area contributed by atoms with E-state index in [-0.39, 0.29) is 11.7 Å². The van der Waals surface area contributed by atoms with Crippen molar-refractivity contribution in [1.82, 2.24) is 10.5 Å². The number of ether oxygens (including phenoxy) is 1. The molecule has 1 amide bonds. The van der Waals surface area contributed by atoms with Crippen LogP contribution in [-0.4, -0.2) is 31.3 Å². The van der Waals surface area contributed by atoms with Crippen molar-refractivity contribution in [3.05, 3.63) is 41.3 Å². The van der Waals surface area contributed by atoms with Crippen molar-refractivity contribution in [3.63, 3.8) is 0 Å². The molecule has 2 rings (SSSR count). The Hall–Kier alpha value is -2.21. The van der Waals surface area contributed by atoms with Gasteiger partial charge in [-0.25, -0.2) is 4.39 Å². The van der Waals surface area contributed by atoms with E-state index in [2.05, 4.69) is 10.5 Å². The molecule has 0 aliphatic heterocycles. The van der Waals surface area contributed by atoms with Crippen LogP contribution in [0.25, 0.3) is 11.3 Å². The molecule has 21 heavy (non-hydrogen) atoms. The zero-order valence-corrected chi connectivity index (χ0v) is 12.0. The minimum absolute atomic E-state index is 0.274. The van der Waals surface area contributed by atoms with Gasteiger partial charge >= 0.3 is 0 Å². The molecule has 1 heterocycles. The molecule has 0 aliphatic carbocycles. The highest BCUT2D eigenvalue weighted by Crippen LogP contribution is 2.26. The Morgan fingerprint density at radius 1 is 1.48 bits per heavy atom. The first-order valence-corrected chi connectivity index (χ1v) is 6.63. The molecule has 0 saturated carbocycles. The summed E-state index contributed by atoms with van der Waals surface area (Å²) in [5.41, 5.74) is 1.29. The molecule has 0 spiro atoms. The maximum absolute atomic E-state index is 13.3. The van der Waals surface area contributed by atoms with Crippen LogP contribution in [0.15, 0.2) is 28.8 Å². The number of amides is 1. The third kappa shape index (κ3) is 3.66. The van der Waals surface area contributed by atoms with Gasteiger partial charge in [-0.15, -0.1) is 0 Å². The summed E-state index contributed by atoms with van der Waals surface area (Å²) in [4.78, 5) is 12.2. The number of carbonyl (C=O) groups excluding carboxylic acids is 1. The van der Waals surface area contributed by atoms with E-state index >= 15 is 0 Å². The maximum Gasteiger partial charge on any atom is 0.257 e. The minimum atomic E-state index is -0.395. The Morgan fingerprint density at radius 3 is 3.00 bits per heavy atom. The summed E-state index contributed by atoms with van der Waals surface area (Å²) in [6, 6.07) is 5.87. The van der Waals surface area contributed by atoms with Crippen LogP contribution in [0.1, 0.15) is 22.5 Å². The van der Waals surface area contributed by atoms with Crippen molar-refractivity contribution in [2.45, 2.75) is 13.3 Å². The third-order valence-corrected chi connectivity index (χ3v) is 2.99. The highest BCUT2D eigenvalue weighted by Gasteiger charge is 2.21. The summed E-state index contributed by atoms with van der Waals surface area (Å²) in [5, 5.41) is 6.58. The SMILES string of the molecule is COCCCNC(=O)c1c(C)noc1-c1cccc(F)c1. The van der Waals surface area contributed by atoms with E-state index in [1.54, 1.807) is 26.2 Å². The zero-order valence-electron chi connectivity index (χ0n) is 12.0. The van der Waals surface area contributed by atoms with Crippen molar-refractivity contribution in [2.75, 3.05) is 20.3 Å². The number of aryl methyl sites for hydroxylation is 1. The Bertz CT molecular complexity index is 625. The summed E-state index contributed by atoms with van der Waals surface area (Å²) in [6.45, 7) is 2.73. The minimum Gasteiger partial charge on any atom is -0.385 e. The Balaban J connectivity index is 2.20. The number of aromatic nitrogens is 1. The summed E-state index contributed by atoms with van der Waals surface area (Å²) in [6.07, 6.45) is 0.710. The van der Waals surface area contributed by atoms with Crippen LogP contribution >= 0.6 is 0 Å². The fraction of sp³-hybridized carbons (Fsp3) is 0.333. The van der Waals surface area contributed by atoms with E-state index in [4.69, 9.17) is 9.26 Å². The van der Waals surface area contributed by atoms with Gasteiger partial charge in [-0.1, -0.05) is 17.3 Å². The lowest BCUT2D eigenvalue weighted by Crippen LogP contribution is -2.26. The lowest BCUT2D eigenvalue weighted by atomic mass is 10.1. The zero-order chi connectivity index (χ0) is 15.2. The van der Waals surface area contributed by atoms with Crippen molar-refractivity contribution >= 4 is 5.91 Å². The summed E-state index contributed by atoms with van der Waals surface area (Å²) >= 11 is 0. The fourth-order valence-electron chi connectivity index (χ4n) is 1.97. The number of nitrogens with zero attached hydrogens (tertiary/aromatic N) is 1. The molecule has 0 bridgehead atoms. The number of hydrogen-bond acceptors (Lipinski definition) is 4. The van der Waals surface area contributed by atoms with Crippen LogP contribution in [0, 0.1) is 12.7 Å². The second-order valence-electron chi connectivity index (χ2n) is 4.58. The van der Waals surface area contributed by atoms with Gasteiger partial charge in [0.2, 0.25) is 0 Å². The summed E-state index contributed by atoms with van der Waals surface area (Å²) < 4.78 is 23.4. The van der Waals surface area contributed by atoms with Gasteiger partial charge in [0.05, 0.1) is 5.69 Å². The average Bonchev–Trinajstić information content (AvgIpc) is 2.85. The van der Waals surface area contributed by atoms with Gasteiger partial charge in [-0.2, -0.15) is 0 Å². The highest BCUT2D eigenvalue weighted by molar-refractivity contribution is 6.00. The highest BCUT2D eigenvalue weighted by atomic mass is 19.1. The van der Waals surface area contributed by atoms with Crippen LogP contribution in [0.5, 0.6) is 0 Å². The standard InChI is InChI=1S/C15H17FN2O3/c1-10-13(15(19)17-7-4-8-20-2)14(21-18-10)11-5-3-6-12(16)9-11/h3,5-6,9H,4,7-8H2,1-2H3,(H,17,19). The van der Waals surface area contributed by atoms with E-state index in [1.165, 1.54) is 12.1 Å². The molecule has 5 nitrogen and oxygen atoms in total. The molecule has 0 radical (unpaired) electrons. The first-order valence-electron chi connectivity index (χ1n) is 6.63. The van der Waals surface area contributed by atoms with Crippen LogP contribution in [0.4, 0.5) is 4.39 Å². The van der Waals surface area contributed by atoms with Crippen molar-refractivity contribution in [2.24, 2.45) is 0 Å². The Morgan fingerprint density at radius 2 is 2.29 bits per heavy atom. The maximum atomic E-state index is 13.3. The van der Waals surface area contributed by atoms with E-state index in [1.807, 2.05) is 0 Å². The number of halogens is 1. The molecule has 0 fully saturated rings. The normalized spacial score (nSPS) is 10.6. The smallest absolute Gasteiger partial charge is 0.257 e. The molecule has 1 aromatic heterocycles. The topological polar surface area (TPSA) is 64.4 Å². The molecule has 0 aliphatic rings. The predicted octanol–water partition coefficient (Wildman–Crippen LogP) is 2.56. The van der Waals surface area contributed by atoms with Gasteiger partial charge in [0.25, 0.3) is 5.91 Å². The van der Waals surface area contributed by atoms with E-state index in [9.17, 15) is 9.18 Å². The van der Waals surface area contributed by atoms with E-state index in [0.717, 1.165) is 0 Å². The van der Waals surface area contributed by atoms with Gasteiger partial charge in [0.15, 0.2) is 5.76 Å². The number of methoxy groups -OCH3 is 1. The summed E-state index contributed by atoms with van der Waals surface area (Å²) in [7, 11) is 1.61. The van der Waals surface area contributed by atoms with Gasteiger partial charge in [-0.3, -0.25) is 4.79 Å². The summed E-state index contributed by atoms with van der Waals surface area (Å²) in [5.74, 6) is -0.409. The lowest BCUT2D eigenvalue weighted by Gasteiger charge is -2.05. The number of rotatable bonds is 6. The monoisotopic (exact) mass is 292 g/mol. The molecule has 6 heteroatoms. The van der Waals surface area contributed by atoms with Crippen molar-refractivity contribution in [3.8, 4) is 11.3 Å². The van der Waals surface area contributed by atoms with Crippen LogP contribution in [-0.2, 0) is 4.74 Å². The second-order valence-corrected chi connectivity index (χ2v) is 4.58. The van der Waals surface area contributed by atoms with Crippen molar-refractivity contribution in [1.29, 1.82) is 0 Å². The molecular formula is C15H17FN2O3. The third-order valence-electron chi connectivity index (χ3n) is 2.99. The molecule has 0 saturated heterocycles. The van der Waals surface area contributed by atoms with E-state index < -0.39 is 5.82 Å².